The minimum absolute atomic E-state index is 0.0517. The molecule has 0 heterocycles. The van der Waals surface area contributed by atoms with E-state index >= 15 is 0 Å². The lowest BCUT2D eigenvalue weighted by Gasteiger charge is -2.22. The Kier molecular flexibility index (Phi) is 3.67. The molecule has 0 atom stereocenters. The van der Waals surface area contributed by atoms with E-state index in [-0.39, 0.29) is 11.4 Å². The third kappa shape index (κ3) is 2.71. The molecule has 0 fully saturated rings. The van der Waals surface area contributed by atoms with Gasteiger partial charge in [0.25, 0.3) is 5.91 Å². The van der Waals surface area contributed by atoms with Crippen LogP contribution in [-0.4, -0.2) is 18.6 Å². The van der Waals surface area contributed by atoms with Gasteiger partial charge in [-0.3, -0.25) is 4.79 Å². The first-order chi connectivity index (χ1) is 7.79. The summed E-state index contributed by atoms with van der Waals surface area (Å²) in [4.78, 5) is 11.7. The molecule has 1 rings (SSSR count). The fourth-order valence-corrected chi connectivity index (χ4v) is 1.05. The standard InChI is InChI=1S/C11H14F2N2O2/c1-11(2,17-3)10(16)15-9-7(14)5-4-6(12)8(9)13/h4-5H,14H2,1-3H3,(H,15,16). The van der Waals surface area contributed by atoms with Gasteiger partial charge in [0, 0.05) is 7.11 Å². The van der Waals surface area contributed by atoms with Crippen LogP contribution >= 0.6 is 0 Å². The molecule has 0 aliphatic heterocycles. The van der Waals surface area contributed by atoms with Crippen molar-refractivity contribution in [3.63, 3.8) is 0 Å². The van der Waals surface area contributed by atoms with Gasteiger partial charge in [-0.25, -0.2) is 8.78 Å². The zero-order chi connectivity index (χ0) is 13.2. The highest BCUT2D eigenvalue weighted by molar-refractivity contribution is 5.99. The van der Waals surface area contributed by atoms with Crippen molar-refractivity contribution in [2.24, 2.45) is 0 Å². The molecule has 0 unspecified atom stereocenters. The molecule has 6 heteroatoms. The predicted molar refractivity (Wildman–Crippen MR) is 60.5 cm³/mol. The Morgan fingerprint density at radius 2 is 2.00 bits per heavy atom. The second kappa shape index (κ2) is 4.67. The monoisotopic (exact) mass is 244 g/mol. The van der Waals surface area contributed by atoms with Crippen LogP contribution in [0.3, 0.4) is 0 Å². The zero-order valence-corrected chi connectivity index (χ0v) is 9.80. The third-order valence-corrected chi connectivity index (χ3v) is 2.42. The van der Waals surface area contributed by atoms with Gasteiger partial charge in [0.2, 0.25) is 0 Å². The van der Waals surface area contributed by atoms with Gasteiger partial charge in [-0.05, 0) is 26.0 Å². The smallest absolute Gasteiger partial charge is 0.256 e. The molecule has 1 amide bonds. The largest absolute Gasteiger partial charge is 0.397 e. The first-order valence-electron chi connectivity index (χ1n) is 4.89. The van der Waals surface area contributed by atoms with E-state index in [1.807, 2.05) is 0 Å². The van der Waals surface area contributed by atoms with E-state index in [1.54, 1.807) is 0 Å². The number of carbonyl (C=O) groups is 1. The van der Waals surface area contributed by atoms with Crippen LogP contribution in [0, 0.1) is 11.6 Å². The van der Waals surface area contributed by atoms with E-state index < -0.39 is 23.1 Å². The van der Waals surface area contributed by atoms with Crippen LogP contribution in [-0.2, 0) is 9.53 Å². The van der Waals surface area contributed by atoms with E-state index in [0.29, 0.717) is 0 Å². The molecular weight excluding hydrogens is 230 g/mol. The van der Waals surface area contributed by atoms with Gasteiger partial charge < -0.3 is 15.8 Å². The second-order valence-electron chi connectivity index (χ2n) is 3.99. The molecule has 3 N–H and O–H groups in total. The van der Waals surface area contributed by atoms with E-state index in [9.17, 15) is 13.6 Å². The number of hydrogen-bond donors (Lipinski definition) is 2. The molecule has 0 radical (unpaired) electrons. The lowest BCUT2D eigenvalue weighted by molar-refractivity contribution is -0.133. The summed E-state index contributed by atoms with van der Waals surface area (Å²) in [7, 11) is 1.34. The number of halogens is 2. The van der Waals surface area contributed by atoms with Gasteiger partial charge in [0.05, 0.1) is 5.69 Å². The summed E-state index contributed by atoms with van der Waals surface area (Å²) in [6.07, 6.45) is 0. The molecule has 94 valence electrons. The molecule has 1 aromatic carbocycles. The number of anilines is 2. The Labute approximate surface area is 97.8 Å². The summed E-state index contributed by atoms with van der Waals surface area (Å²) in [6, 6.07) is 2.07. The van der Waals surface area contributed by atoms with Crippen LogP contribution in [0.2, 0.25) is 0 Å². The number of carbonyl (C=O) groups excluding carboxylic acids is 1. The fraction of sp³-hybridized carbons (Fsp3) is 0.364. The lowest BCUT2D eigenvalue weighted by atomic mass is 10.1. The predicted octanol–water partition coefficient (Wildman–Crippen LogP) is 1.91. The molecule has 0 aliphatic rings. The highest BCUT2D eigenvalue weighted by Gasteiger charge is 2.28. The zero-order valence-electron chi connectivity index (χ0n) is 9.80. The van der Waals surface area contributed by atoms with Gasteiger partial charge in [0.15, 0.2) is 11.6 Å². The quantitative estimate of drug-likeness (QED) is 0.798. The Balaban J connectivity index is 3.04. The first kappa shape index (κ1) is 13.4. The van der Waals surface area contributed by atoms with Crippen molar-refractivity contribution in [1.82, 2.24) is 0 Å². The molecule has 4 nitrogen and oxygen atoms in total. The summed E-state index contributed by atoms with van der Waals surface area (Å²) in [5.41, 5.74) is 3.87. The van der Waals surface area contributed by atoms with Crippen molar-refractivity contribution >= 4 is 17.3 Å². The molecule has 0 aliphatic carbocycles. The minimum Gasteiger partial charge on any atom is -0.397 e. The molecule has 0 saturated carbocycles. The third-order valence-electron chi connectivity index (χ3n) is 2.42. The van der Waals surface area contributed by atoms with Gasteiger partial charge in [-0.1, -0.05) is 0 Å². The van der Waals surface area contributed by atoms with E-state index in [2.05, 4.69) is 5.32 Å². The molecule has 0 aromatic heterocycles. The minimum atomic E-state index is -1.19. The normalized spacial score (nSPS) is 11.4. The van der Waals surface area contributed by atoms with Gasteiger partial charge in [0.1, 0.15) is 11.3 Å². The fourth-order valence-electron chi connectivity index (χ4n) is 1.05. The summed E-state index contributed by atoms with van der Waals surface area (Å²) in [5, 5.41) is 2.21. The molecular formula is C11H14F2N2O2. The highest BCUT2D eigenvalue weighted by Crippen LogP contribution is 2.25. The number of benzene rings is 1. The number of hydrogen-bond acceptors (Lipinski definition) is 3. The topological polar surface area (TPSA) is 64.3 Å². The lowest BCUT2D eigenvalue weighted by Crippen LogP contribution is -2.39. The maximum atomic E-state index is 13.4. The maximum Gasteiger partial charge on any atom is 0.256 e. The number of nitrogens with two attached hydrogens (primary N) is 1. The molecule has 0 saturated heterocycles. The van der Waals surface area contributed by atoms with E-state index in [0.717, 1.165) is 6.07 Å². The molecule has 1 aromatic rings. The number of nitrogens with one attached hydrogen (secondary N) is 1. The molecule has 0 bridgehead atoms. The average molecular weight is 244 g/mol. The average Bonchev–Trinajstić information content (AvgIpc) is 2.29. The van der Waals surface area contributed by atoms with Crippen molar-refractivity contribution in [3.8, 4) is 0 Å². The number of amides is 1. The molecule has 0 spiro atoms. The van der Waals surface area contributed by atoms with Crippen LogP contribution in [0.25, 0.3) is 0 Å². The Morgan fingerprint density at radius 3 is 2.53 bits per heavy atom. The first-order valence-corrected chi connectivity index (χ1v) is 4.89. The SMILES string of the molecule is COC(C)(C)C(=O)Nc1c(N)ccc(F)c1F. The molecule has 17 heavy (non-hydrogen) atoms. The Morgan fingerprint density at radius 1 is 1.41 bits per heavy atom. The van der Waals surface area contributed by atoms with Crippen LogP contribution in [0.15, 0.2) is 12.1 Å². The maximum absolute atomic E-state index is 13.4. The van der Waals surface area contributed by atoms with E-state index in [1.165, 1.54) is 27.0 Å². The summed E-state index contributed by atoms with van der Waals surface area (Å²) < 4.78 is 31.3. The summed E-state index contributed by atoms with van der Waals surface area (Å²) >= 11 is 0. The van der Waals surface area contributed by atoms with Crippen molar-refractivity contribution in [1.29, 1.82) is 0 Å². The van der Waals surface area contributed by atoms with Crippen LogP contribution < -0.4 is 11.1 Å². The van der Waals surface area contributed by atoms with Crippen LogP contribution in [0.4, 0.5) is 20.2 Å². The number of ether oxygens (including phenoxy) is 1. The summed E-state index contributed by atoms with van der Waals surface area (Å²) in [5.74, 6) is -2.88. The van der Waals surface area contributed by atoms with Gasteiger partial charge >= 0.3 is 0 Å². The van der Waals surface area contributed by atoms with Gasteiger partial charge in [-0.15, -0.1) is 0 Å². The summed E-state index contributed by atoms with van der Waals surface area (Å²) in [6.45, 7) is 2.99. The van der Waals surface area contributed by atoms with Crippen LogP contribution in [0.1, 0.15) is 13.8 Å². The van der Waals surface area contributed by atoms with E-state index in [4.69, 9.17) is 10.5 Å². The van der Waals surface area contributed by atoms with Crippen molar-refractivity contribution < 1.29 is 18.3 Å². The van der Waals surface area contributed by atoms with Crippen molar-refractivity contribution in [3.05, 3.63) is 23.8 Å². The Bertz CT molecular complexity index is 447. The highest BCUT2D eigenvalue weighted by atomic mass is 19.2. The van der Waals surface area contributed by atoms with Gasteiger partial charge in [-0.2, -0.15) is 0 Å². The van der Waals surface area contributed by atoms with Crippen molar-refractivity contribution in [2.45, 2.75) is 19.4 Å². The number of nitrogen functional groups attached to an aromatic ring is 1. The number of methoxy groups -OCH3 is 1. The Hall–Kier alpha value is -1.69. The van der Waals surface area contributed by atoms with Crippen molar-refractivity contribution in [2.75, 3.05) is 18.2 Å². The second-order valence-corrected chi connectivity index (χ2v) is 3.99. The number of rotatable bonds is 3. The van der Waals surface area contributed by atoms with Crippen LogP contribution in [0.5, 0.6) is 0 Å².